The van der Waals surface area contributed by atoms with Crippen LogP contribution in [0.5, 0.6) is 0 Å². The molecule has 2 aromatic heterocycles. The molecule has 0 aliphatic heterocycles. The van der Waals surface area contributed by atoms with E-state index in [1.165, 1.54) is 37.0 Å². The number of carbonyl (C=O) groups excluding carboxylic acids is 1. The van der Waals surface area contributed by atoms with Crippen molar-refractivity contribution in [3.8, 4) is 0 Å². The van der Waals surface area contributed by atoms with Crippen LogP contribution in [0.15, 0.2) is 46.2 Å². The number of nitrogens with one attached hydrogen (secondary N) is 1. The van der Waals surface area contributed by atoms with Crippen LogP contribution >= 0.6 is 0 Å². The maximum absolute atomic E-state index is 12.1. The molecule has 0 spiro atoms. The molecule has 7 heteroatoms. The lowest BCUT2D eigenvalue weighted by atomic mass is 10.3. The summed E-state index contributed by atoms with van der Waals surface area (Å²) in [5.74, 6) is -0.333. The molecule has 2 rings (SSSR count). The van der Waals surface area contributed by atoms with Crippen molar-refractivity contribution in [1.29, 1.82) is 0 Å². The first-order chi connectivity index (χ1) is 10.5. The maximum Gasteiger partial charge on any atom is 0.332 e. The zero-order valence-electron chi connectivity index (χ0n) is 12.5. The van der Waals surface area contributed by atoms with Gasteiger partial charge in [-0.1, -0.05) is 18.2 Å². The molecule has 22 heavy (non-hydrogen) atoms. The number of fused-ring (bicyclic) bond motifs is 1. The number of hydrogen-bond donors (Lipinski definition) is 1. The molecule has 114 valence electrons. The van der Waals surface area contributed by atoms with E-state index in [0.717, 1.165) is 4.57 Å². The van der Waals surface area contributed by atoms with E-state index < -0.39 is 11.2 Å². The minimum absolute atomic E-state index is 0.264. The summed E-state index contributed by atoms with van der Waals surface area (Å²) in [6.07, 6.45) is 7.90. The van der Waals surface area contributed by atoms with Crippen molar-refractivity contribution in [1.82, 2.24) is 14.1 Å². The predicted molar refractivity (Wildman–Crippen MR) is 84.8 cm³/mol. The van der Waals surface area contributed by atoms with Crippen molar-refractivity contribution in [3.05, 3.63) is 57.4 Å². The average molecular weight is 300 g/mol. The fraction of sp³-hybridized carbons (Fsp3) is 0.200. The topological polar surface area (TPSA) is 86.0 Å². The molecule has 0 unspecified atom stereocenters. The van der Waals surface area contributed by atoms with E-state index in [4.69, 9.17) is 0 Å². The van der Waals surface area contributed by atoms with Gasteiger partial charge >= 0.3 is 5.69 Å². The molecule has 0 fully saturated rings. The van der Waals surface area contributed by atoms with Gasteiger partial charge in [-0.2, -0.15) is 0 Å². The number of amides is 1. The number of hydrogen-bond acceptors (Lipinski definition) is 4. The summed E-state index contributed by atoms with van der Waals surface area (Å²) in [5, 5.41) is 2.88. The first-order valence-corrected chi connectivity index (χ1v) is 6.62. The van der Waals surface area contributed by atoms with Crippen LogP contribution in [0.25, 0.3) is 11.0 Å². The highest BCUT2D eigenvalue weighted by atomic mass is 16.2. The SMILES string of the molecule is C/C=C/C=C/C(=O)Nc1cnc2c(c1)c(=O)n(C)c(=O)n2C. The van der Waals surface area contributed by atoms with Gasteiger partial charge in [-0.25, -0.2) is 9.78 Å². The van der Waals surface area contributed by atoms with Crippen LogP contribution in [0, 0.1) is 0 Å². The third-order valence-corrected chi connectivity index (χ3v) is 3.11. The number of carbonyl (C=O) groups is 1. The summed E-state index contributed by atoms with van der Waals surface area (Å²) >= 11 is 0. The van der Waals surface area contributed by atoms with Crippen molar-refractivity contribution in [2.24, 2.45) is 14.1 Å². The highest BCUT2D eigenvalue weighted by Crippen LogP contribution is 2.11. The largest absolute Gasteiger partial charge is 0.332 e. The first kappa shape index (κ1) is 15.4. The van der Waals surface area contributed by atoms with Crippen molar-refractivity contribution in [2.75, 3.05) is 5.32 Å². The third-order valence-electron chi connectivity index (χ3n) is 3.11. The van der Waals surface area contributed by atoms with Gasteiger partial charge in [0.25, 0.3) is 5.56 Å². The first-order valence-electron chi connectivity index (χ1n) is 6.62. The molecule has 0 aromatic carbocycles. The Morgan fingerprint density at radius 2 is 1.95 bits per heavy atom. The standard InChI is InChI=1S/C15H16N4O3/c1-4-5-6-7-12(20)17-10-8-11-13(16-9-10)18(2)15(22)19(3)14(11)21/h4-9H,1-3H3,(H,17,20)/b5-4+,7-6+. The van der Waals surface area contributed by atoms with Gasteiger partial charge in [-0.15, -0.1) is 0 Å². The second-order valence-electron chi connectivity index (χ2n) is 4.68. The average Bonchev–Trinajstić information content (AvgIpc) is 2.51. The number of anilines is 1. The minimum atomic E-state index is -0.453. The Labute approximate surface area is 126 Å². The van der Waals surface area contributed by atoms with Crippen LogP contribution in [0.2, 0.25) is 0 Å². The molecule has 0 aliphatic carbocycles. The van der Waals surface area contributed by atoms with Crippen LogP contribution in [-0.2, 0) is 18.9 Å². The number of aryl methyl sites for hydroxylation is 1. The number of pyridine rings is 1. The molecule has 1 N–H and O–H groups in total. The Kier molecular flexibility index (Phi) is 4.36. The van der Waals surface area contributed by atoms with E-state index in [0.29, 0.717) is 5.69 Å². The second kappa shape index (κ2) is 6.21. The quantitative estimate of drug-likeness (QED) is 0.668. The summed E-state index contributed by atoms with van der Waals surface area (Å²) in [5.41, 5.74) is -0.240. The van der Waals surface area contributed by atoms with E-state index in [1.807, 2.05) is 6.92 Å². The zero-order valence-corrected chi connectivity index (χ0v) is 12.5. The van der Waals surface area contributed by atoms with Crippen molar-refractivity contribution in [3.63, 3.8) is 0 Å². The van der Waals surface area contributed by atoms with E-state index in [-0.39, 0.29) is 16.9 Å². The minimum Gasteiger partial charge on any atom is -0.321 e. The smallest absolute Gasteiger partial charge is 0.321 e. The molecule has 0 aliphatic rings. The van der Waals surface area contributed by atoms with Gasteiger partial charge in [-0.05, 0) is 13.0 Å². The molecular formula is C15H16N4O3. The Hall–Kier alpha value is -2.96. The number of nitrogens with zero attached hydrogens (tertiary/aromatic N) is 3. The lowest BCUT2D eigenvalue weighted by Gasteiger charge is -2.08. The lowest BCUT2D eigenvalue weighted by Crippen LogP contribution is -2.37. The maximum atomic E-state index is 12.1. The molecule has 0 atom stereocenters. The molecule has 2 aromatic rings. The van der Waals surface area contributed by atoms with Gasteiger partial charge in [0.1, 0.15) is 5.65 Å². The van der Waals surface area contributed by atoms with Gasteiger partial charge in [0, 0.05) is 20.2 Å². The van der Waals surface area contributed by atoms with E-state index >= 15 is 0 Å². The molecule has 1 amide bonds. The molecule has 0 saturated heterocycles. The molecule has 0 bridgehead atoms. The van der Waals surface area contributed by atoms with Gasteiger partial charge in [0.15, 0.2) is 0 Å². The predicted octanol–water partition coefficient (Wildman–Crippen LogP) is 0.703. The summed E-state index contributed by atoms with van der Waals surface area (Å²) in [6.45, 7) is 1.84. The second-order valence-corrected chi connectivity index (χ2v) is 4.68. The molecular weight excluding hydrogens is 284 g/mol. The van der Waals surface area contributed by atoms with Crippen molar-refractivity contribution in [2.45, 2.75) is 6.92 Å². The highest BCUT2D eigenvalue weighted by Gasteiger charge is 2.10. The Bertz CT molecular complexity index is 903. The van der Waals surface area contributed by atoms with Crippen LogP contribution in [-0.4, -0.2) is 20.0 Å². The van der Waals surface area contributed by atoms with Gasteiger partial charge in [-0.3, -0.25) is 18.7 Å². The Morgan fingerprint density at radius 1 is 1.23 bits per heavy atom. The molecule has 2 heterocycles. The van der Waals surface area contributed by atoms with Gasteiger partial charge < -0.3 is 5.32 Å². The van der Waals surface area contributed by atoms with Crippen LogP contribution in [0.3, 0.4) is 0 Å². The third kappa shape index (κ3) is 2.88. The van der Waals surface area contributed by atoms with E-state index in [9.17, 15) is 14.4 Å². The summed E-state index contributed by atoms with van der Waals surface area (Å²) in [6, 6.07) is 1.51. The van der Waals surface area contributed by atoms with Crippen LogP contribution in [0.4, 0.5) is 5.69 Å². The Balaban J connectivity index is 2.46. The van der Waals surface area contributed by atoms with Crippen LogP contribution in [0.1, 0.15) is 6.92 Å². The van der Waals surface area contributed by atoms with E-state index in [1.54, 1.807) is 18.2 Å². The fourth-order valence-corrected chi connectivity index (χ4v) is 1.97. The van der Waals surface area contributed by atoms with Crippen LogP contribution < -0.4 is 16.6 Å². The zero-order chi connectivity index (χ0) is 16.3. The number of rotatable bonds is 3. The summed E-state index contributed by atoms with van der Waals surface area (Å²) in [4.78, 5) is 39.7. The summed E-state index contributed by atoms with van der Waals surface area (Å²) in [7, 11) is 2.93. The molecule has 7 nitrogen and oxygen atoms in total. The van der Waals surface area contributed by atoms with Crippen molar-refractivity contribution < 1.29 is 4.79 Å². The monoisotopic (exact) mass is 300 g/mol. The molecule has 0 radical (unpaired) electrons. The van der Waals surface area contributed by atoms with Gasteiger partial charge in [0.05, 0.1) is 17.3 Å². The highest BCUT2D eigenvalue weighted by molar-refractivity contribution is 6.00. The van der Waals surface area contributed by atoms with E-state index in [2.05, 4.69) is 10.3 Å². The molecule has 0 saturated carbocycles. The van der Waals surface area contributed by atoms with Crippen molar-refractivity contribution >= 4 is 22.6 Å². The lowest BCUT2D eigenvalue weighted by molar-refractivity contribution is -0.111. The summed E-state index contributed by atoms with van der Waals surface area (Å²) < 4.78 is 2.29. The fourth-order valence-electron chi connectivity index (χ4n) is 1.97. The number of allylic oxidation sites excluding steroid dienone is 3. The van der Waals surface area contributed by atoms with Gasteiger partial charge in [0.2, 0.25) is 5.91 Å². The Morgan fingerprint density at radius 3 is 2.64 bits per heavy atom. The normalized spacial score (nSPS) is 11.6. The number of aromatic nitrogens is 3.